The molecule has 0 aliphatic rings. The first-order chi connectivity index (χ1) is 9.81. The van der Waals surface area contributed by atoms with Crippen molar-refractivity contribution in [1.82, 2.24) is 15.5 Å². The smallest absolute Gasteiger partial charge is 0.193 e. The Bertz CT molecular complexity index is 449. The molecule has 0 saturated carbocycles. The maximum absolute atomic E-state index is 4.34. The number of hydrogen-bond acceptors (Lipinski definition) is 2. The lowest BCUT2D eigenvalue weighted by molar-refractivity contribution is 0.422. The Morgan fingerprint density at radius 1 is 1.14 bits per heavy atom. The molecule has 0 spiro atoms. The van der Waals surface area contributed by atoms with Gasteiger partial charge in [-0.25, -0.2) is 0 Å². The standard InChI is InChI=1S/C17H30N4.HI/c1-14-7-9-15(10-8-14)13-21(6)16(18-5)19-11-12-20-17(2,3)4;/h7-10,20H,11-13H2,1-6H3,(H,18,19);1H. The van der Waals surface area contributed by atoms with Crippen LogP contribution in [0.2, 0.25) is 0 Å². The number of rotatable bonds is 5. The first kappa shape index (κ1) is 21.2. The van der Waals surface area contributed by atoms with Crippen molar-refractivity contribution in [3.63, 3.8) is 0 Å². The van der Waals surface area contributed by atoms with Crippen LogP contribution in [0.25, 0.3) is 0 Å². The number of aryl methyl sites for hydroxylation is 1. The van der Waals surface area contributed by atoms with Gasteiger partial charge in [-0.1, -0.05) is 29.8 Å². The largest absolute Gasteiger partial charge is 0.355 e. The van der Waals surface area contributed by atoms with Crippen LogP contribution in [0.15, 0.2) is 29.3 Å². The highest BCUT2D eigenvalue weighted by Crippen LogP contribution is 2.06. The SMILES string of the molecule is CN=C(NCCNC(C)(C)C)N(C)Cc1ccc(C)cc1.I. The van der Waals surface area contributed by atoms with Crippen molar-refractivity contribution < 1.29 is 0 Å². The van der Waals surface area contributed by atoms with Crippen LogP contribution >= 0.6 is 24.0 Å². The number of aliphatic imine (C=N–C) groups is 1. The summed E-state index contributed by atoms with van der Waals surface area (Å²) >= 11 is 0. The van der Waals surface area contributed by atoms with Gasteiger partial charge in [0.25, 0.3) is 0 Å². The average molecular weight is 418 g/mol. The van der Waals surface area contributed by atoms with E-state index < -0.39 is 0 Å². The van der Waals surface area contributed by atoms with E-state index in [2.05, 4.69) is 79.5 Å². The number of nitrogens with one attached hydrogen (secondary N) is 2. The van der Waals surface area contributed by atoms with Crippen molar-refractivity contribution in [2.75, 3.05) is 27.2 Å². The predicted octanol–water partition coefficient (Wildman–Crippen LogP) is 3.01. The second-order valence-electron chi connectivity index (χ2n) is 6.49. The number of nitrogens with zero attached hydrogens (tertiary/aromatic N) is 2. The fourth-order valence-corrected chi connectivity index (χ4v) is 2.04. The predicted molar refractivity (Wildman–Crippen MR) is 107 cm³/mol. The monoisotopic (exact) mass is 418 g/mol. The van der Waals surface area contributed by atoms with Gasteiger partial charge in [0.1, 0.15) is 0 Å². The third-order valence-corrected chi connectivity index (χ3v) is 3.18. The van der Waals surface area contributed by atoms with Crippen molar-refractivity contribution in [2.45, 2.75) is 39.8 Å². The van der Waals surface area contributed by atoms with E-state index in [1.807, 2.05) is 7.05 Å². The van der Waals surface area contributed by atoms with Crippen molar-refractivity contribution in [2.24, 2.45) is 4.99 Å². The fourth-order valence-electron chi connectivity index (χ4n) is 2.04. The van der Waals surface area contributed by atoms with Crippen LogP contribution in [0.3, 0.4) is 0 Å². The molecule has 5 heteroatoms. The van der Waals surface area contributed by atoms with Crippen LogP contribution in [-0.2, 0) is 6.54 Å². The second kappa shape index (κ2) is 10.0. The minimum absolute atomic E-state index is 0. The molecule has 0 fully saturated rings. The Hall–Kier alpha value is -0.820. The van der Waals surface area contributed by atoms with E-state index >= 15 is 0 Å². The number of halogens is 1. The molecule has 0 aromatic heterocycles. The highest BCUT2D eigenvalue weighted by Gasteiger charge is 2.09. The molecule has 1 aromatic carbocycles. The molecule has 0 atom stereocenters. The van der Waals surface area contributed by atoms with E-state index in [0.717, 1.165) is 25.6 Å². The molecule has 1 rings (SSSR count). The normalized spacial score (nSPS) is 11.8. The summed E-state index contributed by atoms with van der Waals surface area (Å²) in [7, 11) is 3.89. The molecule has 22 heavy (non-hydrogen) atoms. The van der Waals surface area contributed by atoms with Crippen molar-refractivity contribution >= 4 is 29.9 Å². The maximum Gasteiger partial charge on any atom is 0.193 e. The van der Waals surface area contributed by atoms with Gasteiger partial charge >= 0.3 is 0 Å². The summed E-state index contributed by atoms with van der Waals surface area (Å²) in [5.41, 5.74) is 2.73. The Labute approximate surface area is 152 Å². The molecular weight excluding hydrogens is 387 g/mol. The zero-order valence-electron chi connectivity index (χ0n) is 14.7. The van der Waals surface area contributed by atoms with Gasteiger partial charge in [0.05, 0.1) is 0 Å². The lowest BCUT2D eigenvalue weighted by Gasteiger charge is -2.24. The van der Waals surface area contributed by atoms with Gasteiger partial charge in [-0.15, -0.1) is 24.0 Å². The molecular formula is C17H31IN4. The van der Waals surface area contributed by atoms with Crippen molar-refractivity contribution in [3.05, 3.63) is 35.4 Å². The van der Waals surface area contributed by atoms with Crippen LogP contribution in [0.1, 0.15) is 31.9 Å². The van der Waals surface area contributed by atoms with Gasteiger partial charge in [-0.2, -0.15) is 0 Å². The minimum atomic E-state index is 0. The first-order valence-corrected chi connectivity index (χ1v) is 7.54. The molecule has 0 radical (unpaired) electrons. The first-order valence-electron chi connectivity index (χ1n) is 7.54. The molecule has 0 aliphatic heterocycles. The lowest BCUT2D eigenvalue weighted by atomic mass is 10.1. The van der Waals surface area contributed by atoms with E-state index in [0.29, 0.717) is 0 Å². The topological polar surface area (TPSA) is 39.7 Å². The Morgan fingerprint density at radius 2 is 1.73 bits per heavy atom. The fraction of sp³-hybridized carbons (Fsp3) is 0.588. The molecule has 4 nitrogen and oxygen atoms in total. The average Bonchev–Trinajstić information content (AvgIpc) is 2.40. The quantitative estimate of drug-likeness (QED) is 0.334. The molecule has 0 unspecified atom stereocenters. The summed E-state index contributed by atoms with van der Waals surface area (Å²) in [5.74, 6) is 0.922. The van der Waals surface area contributed by atoms with Gasteiger partial charge in [0, 0.05) is 39.3 Å². The van der Waals surface area contributed by atoms with Gasteiger partial charge in [-0.05, 0) is 33.3 Å². The van der Waals surface area contributed by atoms with E-state index in [9.17, 15) is 0 Å². The second-order valence-corrected chi connectivity index (χ2v) is 6.49. The molecule has 126 valence electrons. The third kappa shape index (κ3) is 8.58. The number of benzene rings is 1. The summed E-state index contributed by atoms with van der Waals surface area (Å²) in [6, 6.07) is 8.62. The minimum Gasteiger partial charge on any atom is -0.355 e. The summed E-state index contributed by atoms with van der Waals surface area (Å²) in [4.78, 5) is 6.48. The van der Waals surface area contributed by atoms with Crippen molar-refractivity contribution in [3.8, 4) is 0 Å². The highest BCUT2D eigenvalue weighted by molar-refractivity contribution is 14.0. The number of hydrogen-bond donors (Lipinski definition) is 2. The van der Waals surface area contributed by atoms with Crippen LogP contribution in [0, 0.1) is 6.92 Å². The number of guanidine groups is 1. The Morgan fingerprint density at radius 3 is 2.23 bits per heavy atom. The zero-order valence-corrected chi connectivity index (χ0v) is 17.1. The Balaban J connectivity index is 0.00000441. The third-order valence-electron chi connectivity index (χ3n) is 3.18. The molecule has 0 heterocycles. The lowest BCUT2D eigenvalue weighted by Crippen LogP contribution is -2.44. The zero-order chi connectivity index (χ0) is 15.9. The molecule has 0 bridgehead atoms. The van der Waals surface area contributed by atoms with Gasteiger partial charge in [0.15, 0.2) is 5.96 Å². The highest BCUT2D eigenvalue weighted by atomic mass is 127. The summed E-state index contributed by atoms with van der Waals surface area (Å²) in [6.45, 7) is 11.3. The van der Waals surface area contributed by atoms with Crippen LogP contribution < -0.4 is 10.6 Å². The maximum atomic E-state index is 4.34. The molecule has 1 aromatic rings. The van der Waals surface area contributed by atoms with E-state index in [-0.39, 0.29) is 29.5 Å². The molecule has 0 saturated heterocycles. The van der Waals surface area contributed by atoms with E-state index in [4.69, 9.17) is 0 Å². The van der Waals surface area contributed by atoms with Crippen LogP contribution in [0.5, 0.6) is 0 Å². The summed E-state index contributed by atoms with van der Waals surface area (Å²) in [5, 5.41) is 6.85. The van der Waals surface area contributed by atoms with Gasteiger partial charge in [0.2, 0.25) is 0 Å². The Kier molecular flexibility index (Phi) is 9.67. The molecule has 0 amide bonds. The molecule has 0 aliphatic carbocycles. The summed E-state index contributed by atoms with van der Waals surface area (Å²) < 4.78 is 0. The van der Waals surface area contributed by atoms with E-state index in [1.54, 1.807) is 0 Å². The van der Waals surface area contributed by atoms with Crippen LogP contribution in [0.4, 0.5) is 0 Å². The van der Waals surface area contributed by atoms with Gasteiger partial charge in [-0.3, -0.25) is 4.99 Å². The summed E-state index contributed by atoms with van der Waals surface area (Å²) in [6.07, 6.45) is 0. The molecule has 2 N–H and O–H groups in total. The van der Waals surface area contributed by atoms with Crippen molar-refractivity contribution in [1.29, 1.82) is 0 Å². The van der Waals surface area contributed by atoms with Crippen LogP contribution in [-0.4, -0.2) is 43.6 Å². The van der Waals surface area contributed by atoms with E-state index in [1.165, 1.54) is 11.1 Å². The van der Waals surface area contributed by atoms with Gasteiger partial charge < -0.3 is 15.5 Å².